The van der Waals surface area contributed by atoms with Gasteiger partial charge in [0.1, 0.15) is 0 Å². The van der Waals surface area contributed by atoms with Crippen LogP contribution in [0, 0.1) is 0 Å². The zero-order valence-corrected chi connectivity index (χ0v) is 13.8. The molecule has 1 atom stereocenters. The number of anilines is 1. The van der Waals surface area contributed by atoms with Crippen LogP contribution in [0.25, 0.3) is 0 Å². The summed E-state index contributed by atoms with van der Waals surface area (Å²) in [4.78, 5) is 10.9. The molecule has 116 valence electrons. The van der Waals surface area contributed by atoms with E-state index in [1.807, 2.05) is 0 Å². The van der Waals surface area contributed by atoms with Gasteiger partial charge in [-0.15, -0.1) is 0 Å². The summed E-state index contributed by atoms with van der Waals surface area (Å²) >= 11 is 3.13. The van der Waals surface area contributed by atoms with Crippen molar-refractivity contribution in [2.24, 2.45) is 0 Å². The number of nitrogens with one attached hydrogen (secondary N) is 1. The lowest BCUT2D eigenvalue weighted by atomic mass is 10.2. The molecule has 0 aromatic heterocycles. The summed E-state index contributed by atoms with van der Waals surface area (Å²) in [5, 5.41) is 7.88. The van der Waals surface area contributed by atoms with Gasteiger partial charge in [0.15, 0.2) is 9.84 Å². The first-order valence-corrected chi connectivity index (χ1v) is 10.0. The highest BCUT2D eigenvalue weighted by Crippen LogP contribution is 2.27. The fraction of sp³-hybridized carbons (Fsp3) is 0.364. The van der Waals surface area contributed by atoms with Gasteiger partial charge in [0.05, 0.1) is 28.0 Å². The Hall–Kier alpha value is -1.13. The van der Waals surface area contributed by atoms with Crippen molar-refractivity contribution in [3.63, 3.8) is 0 Å². The smallest absolute Gasteiger partial charge is 0.335 e. The number of halogens is 1. The minimum atomic E-state index is -3.90. The number of rotatable bonds is 4. The van der Waals surface area contributed by atoms with Gasteiger partial charge in [-0.3, -0.25) is 4.72 Å². The van der Waals surface area contributed by atoms with Gasteiger partial charge >= 0.3 is 5.97 Å². The van der Waals surface area contributed by atoms with Crippen LogP contribution in [0.15, 0.2) is 22.7 Å². The number of benzene rings is 1. The molecule has 7 nitrogen and oxygen atoms in total. The lowest BCUT2D eigenvalue weighted by Gasteiger charge is -2.14. The summed E-state index contributed by atoms with van der Waals surface area (Å²) in [6, 6.07) is 3.91. The van der Waals surface area contributed by atoms with Gasteiger partial charge in [-0.05, 0) is 40.5 Å². The molecule has 0 radical (unpaired) electrons. The number of hydrogen-bond acceptors (Lipinski definition) is 5. The summed E-state index contributed by atoms with van der Waals surface area (Å²) in [7, 11) is -7.23. The van der Waals surface area contributed by atoms with Crippen molar-refractivity contribution in [2.75, 3.05) is 16.2 Å². The Morgan fingerprint density at radius 3 is 2.57 bits per heavy atom. The van der Waals surface area contributed by atoms with Crippen LogP contribution in [0.4, 0.5) is 5.69 Å². The number of carboxylic acids is 1. The molecular formula is C11H12BrNO6S2. The minimum absolute atomic E-state index is 0.0356. The van der Waals surface area contributed by atoms with E-state index < -0.39 is 36.8 Å². The second kappa shape index (κ2) is 5.58. The van der Waals surface area contributed by atoms with Crippen LogP contribution in [0.2, 0.25) is 0 Å². The van der Waals surface area contributed by atoms with Gasteiger partial charge in [-0.25, -0.2) is 21.6 Å². The fourth-order valence-corrected chi connectivity index (χ4v) is 6.56. The van der Waals surface area contributed by atoms with Crippen LogP contribution in [0.5, 0.6) is 0 Å². The van der Waals surface area contributed by atoms with Gasteiger partial charge in [0, 0.05) is 4.47 Å². The number of hydrogen-bond donors (Lipinski definition) is 2. The molecule has 1 aromatic rings. The Morgan fingerprint density at radius 1 is 1.38 bits per heavy atom. The van der Waals surface area contributed by atoms with E-state index in [1.165, 1.54) is 18.2 Å². The maximum absolute atomic E-state index is 12.2. The first-order chi connectivity index (χ1) is 9.61. The normalized spacial score (nSPS) is 21.1. The largest absolute Gasteiger partial charge is 0.478 e. The highest BCUT2D eigenvalue weighted by Gasteiger charge is 2.37. The van der Waals surface area contributed by atoms with Crippen LogP contribution >= 0.6 is 15.9 Å². The van der Waals surface area contributed by atoms with Crippen molar-refractivity contribution in [3.8, 4) is 0 Å². The van der Waals surface area contributed by atoms with Crippen molar-refractivity contribution in [1.29, 1.82) is 0 Å². The second-order valence-corrected chi connectivity index (χ2v) is 9.72. The third kappa shape index (κ3) is 3.74. The number of carbonyl (C=O) groups is 1. The summed E-state index contributed by atoms with van der Waals surface area (Å²) in [6.45, 7) is 0. The van der Waals surface area contributed by atoms with Gasteiger partial charge < -0.3 is 5.11 Å². The van der Waals surface area contributed by atoms with E-state index in [1.54, 1.807) is 0 Å². The predicted octanol–water partition coefficient (Wildman–Crippen LogP) is 1.08. The van der Waals surface area contributed by atoms with Crippen molar-refractivity contribution >= 4 is 47.4 Å². The van der Waals surface area contributed by atoms with Crippen molar-refractivity contribution in [1.82, 2.24) is 0 Å². The molecule has 0 spiro atoms. The van der Waals surface area contributed by atoms with Crippen LogP contribution in [0.3, 0.4) is 0 Å². The molecule has 0 aliphatic carbocycles. The number of carboxylic acid groups (broad SMARTS) is 1. The lowest BCUT2D eigenvalue weighted by Crippen LogP contribution is -2.29. The maximum atomic E-state index is 12.2. The Morgan fingerprint density at radius 2 is 2.05 bits per heavy atom. The number of aromatic carboxylic acids is 1. The first-order valence-electron chi connectivity index (χ1n) is 5.86. The van der Waals surface area contributed by atoms with Crippen molar-refractivity contribution in [2.45, 2.75) is 11.7 Å². The highest BCUT2D eigenvalue weighted by molar-refractivity contribution is 9.10. The van der Waals surface area contributed by atoms with Crippen LogP contribution in [0.1, 0.15) is 16.8 Å². The third-order valence-electron chi connectivity index (χ3n) is 3.10. The van der Waals surface area contributed by atoms with E-state index in [4.69, 9.17) is 5.11 Å². The van der Waals surface area contributed by atoms with Gasteiger partial charge in [0.25, 0.3) is 0 Å². The molecule has 1 saturated heterocycles. The van der Waals surface area contributed by atoms with Crippen molar-refractivity contribution < 1.29 is 26.7 Å². The quantitative estimate of drug-likeness (QED) is 0.784. The summed E-state index contributed by atoms with van der Waals surface area (Å²) in [5.41, 5.74) is -0.00542. The molecule has 2 N–H and O–H groups in total. The molecule has 1 aromatic carbocycles. The van der Waals surface area contributed by atoms with E-state index in [9.17, 15) is 21.6 Å². The van der Waals surface area contributed by atoms with Gasteiger partial charge in [-0.2, -0.15) is 0 Å². The molecule has 1 unspecified atom stereocenters. The van der Waals surface area contributed by atoms with Crippen LogP contribution in [-0.2, 0) is 19.9 Å². The number of sulfonamides is 1. The SMILES string of the molecule is O=C(O)c1ccc(Br)c(NS(=O)(=O)C2CCS(=O)(=O)C2)c1. The molecule has 0 amide bonds. The molecule has 1 aliphatic rings. The van der Waals surface area contributed by atoms with E-state index in [2.05, 4.69) is 20.7 Å². The second-order valence-electron chi connectivity index (χ2n) is 4.67. The highest BCUT2D eigenvalue weighted by atomic mass is 79.9. The standard InChI is InChI=1S/C11H12BrNO6S2/c12-9-2-1-7(11(14)15)5-10(9)13-21(18,19)8-3-4-20(16,17)6-8/h1-2,5,8,13H,3-4,6H2,(H,14,15). The summed E-state index contributed by atoms with van der Waals surface area (Å²) in [5.74, 6) is -1.76. The topological polar surface area (TPSA) is 118 Å². The Bertz CT molecular complexity index is 787. The molecule has 0 saturated carbocycles. The average Bonchev–Trinajstić information content (AvgIpc) is 2.73. The van der Waals surface area contributed by atoms with Gasteiger partial charge in [-0.1, -0.05) is 0 Å². The first kappa shape index (κ1) is 16.2. The molecule has 2 rings (SSSR count). The number of sulfone groups is 1. The van der Waals surface area contributed by atoms with Gasteiger partial charge in [0.2, 0.25) is 10.0 Å². The molecule has 1 heterocycles. The molecule has 1 aliphatic heterocycles. The van der Waals surface area contributed by atoms with Crippen molar-refractivity contribution in [3.05, 3.63) is 28.2 Å². The van der Waals surface area contributed by atoms with Crippen LogP contribution in [-0.4, -0.2) is 44.7 Å². The molecule has 21 heavy (non-hydrogen) atoms. The fourth-order valence-electron chi connectivity index (χ4n) is 1.98. The Labute approximate surface area is 130 Å². The average molecular weight is 398 g/mol. The molecule has 1 fully saturated rings. The zero-order valence-electron chi connectivity index (χ0n) is 10.6. The maximum Gasteiger partial charge on any atom is 0.335 e. The molecular weight excluding hydrogens is 386 g/mol. The van der Waals surface area contributed by atoms with E-state index in [0.29, 0.717) is 4.47 Å². The zero-order chi connectivity index (χ0) is 15.8. The Kier molecular flexibility index (Phi) is 4.31. The lowest BCUT2D eigenvalue weighted by molar-refractivity contribution is 0.0697. The predicted molar refractivity (Wildman–Crippen MR) is 80.7 cm³/mol. The minimum Gasteiger partial charge on any atom is -0.478 e. The summed E-state index contributed by atoms with van der Waals surface area (Å²) < 4.78 is 49.7. The summed E-state index contributed by atoms with van der Waals surface area (Å²) in [6.07, 6.45) is 0.0356. The third-order valence-corrected chi connectivity index (χ3v) is 7.55. The monoisotopic (exact) mass is 397 g/mol. The molecule has 0 bridgehead atoms. The van der Waals surface area contributed by atoms with E-state index >= 15 is 0 Å². The van der Waals surface area contributed by atoms with E-state index in [-0.39, 0.29) is 23.4 Å². The molecule has 10 heteroatoms. The van der Waals surface area contributed by atoms with Crippen LogP contribution < -0.4 is 4.72 Å². The van der Waals surface area contributed by atoms with E-state index in [0.717, 1.165) is 0 Å². The Balaban J connectivity index is 2.29.